The molecule has 2 atom stereocenters. The number of anilines is 2. The molecule has 0 spiro atoms. The lowest BCUT2D eigenvalue weighted by Gasteiger charge is -2.21. The topological polar surface area (TPSA) is 151 Å². The Morgan fingerprint density at radius 3 is 1.87 bits per heavy atom. The van der Waals surface area contributed by atoms with Crippen LogP contribution in [0, 0.1) is 13.8 Å². The Hall–Kier alpha value is -5.36. The largest absolute Gasteiger partial charge is 0.481 e. The van der Waals surface area contributed by atoms with Crippen molar-refractivity contribution in [1.82, 2.24) is 10.2 Å². The van der Waals surface area contributed by atoms with Gasteiger partial charge in [-0.25, -0.2) is 0 Å². The number of aliphatic hydroxyl groups excluding tert-OH is 2. The van der Waals surface area contributed by atoms with E-state index in [1.807, 2.05) is 84.3 Å². The average Bonchev–Trinajstić information content (AvgIpc) is 3.84. The molecular weight excluding hydrogens is 672 g/mol. The van der Waals surface area contributed by atoms with Crippen LogP contribution in [-0.2, 0) is 35.5 Å². The summed E-state index contributed by atoms with van der Waals surface area (Å²) >= 11 is 0. The number of carbonyl (C=O) groups is 4. The van der Waals surface area contributed by atoms with Crippen molar-refractivity contribution in [3.8, 4) is 11.1 Å². The van der Waals surface area contributed by atoms with E-state index in [1.54, 1.807) is 4.90 Å². The summed E-state index contributed by atoms with van der Waals surface area (Å²) in [4.78, 5) is 56.3. The molecule has 4 N–H and O–H groups in total. The molecular formula is C42H44N4O7. The molecule has 0 aromatic heterocycles. The Kier molecular flexibility index (Phi) is 10.2. The molecule has 0 bridgehead atoms. The molecule has 3 amide bonds. The third kappa shape index (κ3) is 7.33. The van der Waals surface area contributed by atoms with E-state index >= 15 is 0 Å². The van der Waals surface area contributed by atoms with Gasteiger partial charge in [-0.3, -0.25) is 19.2 Å². The maximum absolute atomic E-state index is 14.0. The van der Waals surface area contributed by atoms with E-state index in [0.717, 1.165) is 55.9 Å². The molecule has 53 heavy (non-hydrogen) atoms. The van der Waals surface area contributed by atoms with Gasteiger partial charge in [-0.1, -0.05) is 48.5 Å². The minimum atomic E-state index is -1.05. The van der Waals surface area contributed by atoms with E-state index < -0.39 is 18.2 Å². The van der Waals surface area contributed by atoms with E-state index in [-0.39, 0.29) is 37.1 Å². The van der Waals surface area contributed by atoms with Crippen LogP contribution in [0.1, 0.15) is 66.9 Å². The van der Waals surface area contributed by atoms with Gasteiger partial charge in [0, 0.05) is 61.8 Å². The number of fused-ring (bicyclic) bond motifs is 2. The minimum absolute atomic E-state index is 0.0650. The molecule has 1 fully saturated rings. The minimum Gasteiger partial charge on any atom is -0.481 e. The summed E-state index contributed by atoms with van der Waals surface area (Å²) < 4.78 is 0. The summed E-state index contributed by atoms with van der Waals surface area (Å²) in [6, 6.07) is 23.5. The molecule has 7 rings (SSSR count). The molecule has 4 aromatic carbocycles. The normalized spacial score (nSPS) is 16.9. The molecule has 3 aliphatic heterocycles. The highest BCUT2D eigenvalue weighted by atomic mass is 16.4. The van der Waals surface area contributed by atoms with Gasteiger partial charge < -0.3 is 35.3 Å². The van der Waals surface area contributed by atoms with Crippen molar-refractivity contribution in [1.29, 1.82) is 0 Å². The lowest BCUT2D eigenvalue weighted by Crippen LogP contribution is -2.30. The van der Waals surface area contributed by atoms with Gasteiger partial charge in [0.05, 0.1) is 25.0 Å². The van der Waals surface area contributed by atoms with E-state index in [1.165, 1.54) is 0 Å². The quantitative estimate of drug-likeness (QED) is 0.179. The fraction of sp³-hybridized carbons (Fsp3) is 0.333. The predicted octanol–water partition coefficient (Wildman–Crippen LogP) is 4.39. The molecule has 4 aromatic rings. The summed E-state index contributed by atoms with van der Waals surface area (Å²) in [6.45, 7) is 6.25. The number of hydrogen-bond acceptors (Lipinski definition) is 7. The SMILES string of the molecule is Cc1cc(CNC[C@@H](O)CC(=O)O)ccc1C(=O)N1CCc2c(-c3cccc4c3CCN4C(=O)c3ccc(CN4C[C@@H](O)CC4=O)cc3C)cccc21. The number of β-amino-alcohol motifs (C(OH)–C–C–N with tert-alkyl or cyclic N) is 1. The lowest BCUT2D eigenvalue weighted by molar-refractivity contribution is -0.139. The van der Waals surface area contributed by atoms with Crippen molar-refractivity contribution in [3.05, 3.63) is 117 Å². The van der Waals surface area contributed by atoms with Crippen molar-refractivity contribution in [2.75, 3.05) is 36.0 Å². The third-order valence-corrected chi connectivity index (χ3v) is 10.6. The molecule has 3 heterocycles. The van der Waals surface area contributed by atoms with Gasteiger partial charge in [-0.2, -0.15) is 0 Å². The van der Waals surface area contributed by atoms with Crippen molar-refractivity contribution in [2.45, 2.75) is 64.8 Å². The van der Waals surface area contributed by atoms with Crippen LogP contribution in [0.2, 0.25) is 0 Å². The van der Waals surface area contributed by atoms with Gasteiger partial charge >= 0.3 is 5.97 Å². The monoisotopic (exact) mass is 716 g/mol. The van der Waals surface area contributed by atoms with Crippen LogP contribution in [0.5, 0.6) is 0 Å². The van der Waals surface area contributed by atoms with Crippen LogP contribution >= 0.6 is 0 Å². The van der Waals surface area contributed by atoms with Crippen LogP contribution in [0.4, 0.5) is 11.4 Å². The Labute approximate surface area is 308 Å². The number of aliphatic carboxylic acids is 1. The first-order valence-electron chi connectivity index (χ1n) is 18.1. The van der Waals surface area contributed by atoms with E-state index in [4.69, 9.17) is 5.11 Å². The second-order valence-electron chi connectivity index (χ2n) is 14.3. The standard InChI is InChI=1S/C42H44N4O7/c1-25-17-27(21-43-22-29(47)20-40(50)51)9-11-31(25)41(52)45-15-13-35-33(5-3-7-37(35)45)34-6-4-8-38-36(34)14-16-46(38)42(53)32-12-10-28(18-26(32)2)23-44-24-30(48)19-39(44)49/h3-12,17-18,29-30,43,47-48H,13-16,19-24H2,1-2H3,(H,50,51)/t29-,30-/m0/s1. The molecule has 1 saturated heterocycles. The summed E-state index contributed by atoms with van der Waals surface area (Å²) in [5.41, 5.74) is 10.9. The fourth-order valence-corrected chi connectivity index (χ4v) is 8.01. The number of nitrogens with zero attached hydrogens (tertiary/aromatic N) is 3. The molecule has 0 saturated carbocycles. The van der Waals surface area contributed by atoms with Crippen molar-refractivity contribution in [3.63, 3.8) is 0 Å². The first kappa shape index (κ1) is 36.0. The Morgan fingerprint density at radius 2 is 1.36 bits per heavy atom. The lowest BCUT2D eigenvalue weighted by atomic mass is 9.93. The zero-order valence-electron chi connectivity index (χ0n) is 30.0. The van der Waals surface area contributed by atoms with Gasteiger partial charge in [-0.15, -0.1) is 0 Å². The Bertz CT molecular complexity index is 2110. The number of carboxylic acids is 1. The molecule has 274 valence electrons. The summed E-state index contributed by atoms with van der Waals surface area (Å²) in [7, 11) is 0. The molecule has 3 aliphatic rings. The number of likely N-dealkylation sites (tertiary alicyclic amines) is 1. The van der Waals surface area contributed by atoms with E-state index in [2.05, 4.69) is 17.4 Å². The van der Waals surface area contributed by atoms with E-state index in [0.29, 0.717) is 56.7 Å². The maximum Gasteiger partial charge on any atom is 0.306 e. The van der Waals surface area contributed by atoms with Crippen LogP contribution in [-0.4, -0.2) is 82.3 Å². The summed E-state index contributed by atoms with van der Waals surface area (Å²) in [6.07, 6.45) is -0.365. The molecule has 11 nitrogen and oxygen atoms in total. The highest BCUT2D eigenvalue weighted by Gasteiger charge is 2.33. The average molecular weight is 717 g/mol. The van der Waals surface area contributed by atoms with Crippen LogP contribution in [0.25, 0.3) is 11.1 Å². The first-order valence-corrected chi connectivity index (χ1v) is 18.1. The number of aliphatic hydroxyl groups is 2. The number of benzene rings is 4. The van der Waals surface area contributed by atoms with Crippen molar-refractivity contribution in [2.24, 2.45) is 0 Å². The van der Waals surface area contributed by atoms with Crippen LogP contribution in [0.15, 0.2) is 72.8 Å². The van der Waals surface area contributed by atoms with Gasteiger partial charge in [0.1, 0.15) is 0 Å². The van der Waals surface area contributed by atoms with E-state index in [9.17, 15) is 29.4 Å². The van der Waals surface area contributed by atoms with Crippen molar-refractivity contribution >= 4 is 35.1 Å². The maximum atomic E-state index is 14.0. The third-order valence-electron chi connectivity index (χ3n) is 10.6. The number of carboxylic acid groups (broad SMARTS) is 1. The number of rotatable bonds is 11. The Balaban J connectivity index is 1.07. The zero-order valence-corrected chi connectivity index (χ0v) is 30.0. The number of nitrogens with one attached hydrogen (secondary N) is 1. The first-order chi connectivity index (χ1) is 25.5. The highest BCUT2D eigenvalue weighted by molar-refractivity contribution is 6.10. The molecule has 0 unspecified atom stereocenters. The van der Waals surface area contributed by atoms with Crippen LogP contribution < -0.4 is 15.1 Å². The summed E-state index contributed by atoms with van der Waals surface area (Å²) in [5.74, 6) is -1.26. The fourth-order valence-electron chi connectivity index (χ4n) is 8.01. The van der Waals surface area contributed by atoms with Gasteiger partial charge in [0.15, 0.2) is 0 Å². The number of carbonyl (C=O) groups excluding carboxylic acids is 3. The molecule has 11 heteroatoms. The molecule has 0 radical (unpaired) electrons. The second kappa shape index (κ2) is 14.9. The summed E-state index contributed by atoms with van der Waals surface area (Å²) in [5, 5.41) is 31.6. The highest BCUT2D eigenvalue weighted by Crippen LogP contribution is 2.42. The zero-order chi connectivity index (χ0) is 37.4. The number of amides is 3. The van der Waals surface area contributed by atoms with Crippen LogP contribution in [0.3, 0.4) is 0 Å². The predicted molar refractivity (Wildman–Crippen MR) is 201 cm³/mol. The Morgan fingerprint density at radius 1 is 0.811 bits per heavy atom. The van der Waals surface area contributed by atoms with Crippen molar-refractivity contribution < 1.29 is 34.5 Å². The number of aryl methyl sites for hydroxylation is 2. The second-order valence-corrected chi connectivity index (χ2v) is 14.3. The van der Waals surface area contributed by atoms with Gasteiger partial charge in [-0.05, 0) is 95.5 Å². The van der Waals surface area contributed by atoms with Gasteiger partial charge in [0.2, 0.25) is 5.91 Å². The van der Waals surface area contributed by atoms with Gasteiger partial charge in [0.25, 0.3) is 11.8 Å². The molecule has 0 aliphatic carbocycles. The number of hydrogen-bond donors (Lipinski definition) is 4. The smallest absolute Gasteiger partial charge is 0.306 e.